The predicted octanol–water partition coefficient (Wildman–Crippen LogP) is 10.3. The summed E-state index contributed by atoms with van der Waals surface area (Å²) in [7, 11) is 0. The van der Waals surface area contributed by atoms with Crippen LogP contribution in [-0.2, 0) is 0 Å². The van der Waals surface area contributed by atoms with Gasteiger partial charge in [-0.1, -0.05) is 48.5 Å². The molecule has 10 rings (SSSR count). The van der Waals surface area contributed by atoms with E-state index in [9.17, 15) is 13.2 Å². The monoisotopic (exact) mass is 502 g/mol. The van der Waals surface area contributed by atoms with Gasteiger partial charge < -0.3 is 0 Å². The molecule has 0 amide bonds. The fourth-order valence-electron chi connectivity index (χ4n) is 7.13. The molecule has 1 aromatic heterocycles. The zero-order chi connectivity index (χ0) is 24.5. The third-order valence-electron chi connectivity index (χ3n) is 8.52. The van der Waals surface area contributed by atoms with Crippen molar-refractivity contribution >= 4 is 86.1 Å². The van der Waals surface area contributed by atoms with Crippen LogP contribution in [0.5, 0.6) is 0 Å². The highest BCUT2D eigenvalue weighted by atomic mass is 32.1. The molecule has 0 atom stereocenters. The number of fused-ring (bicyclic) bond motifs is 5. The summed E-state index contributed by atoms with van der Waals surface area (Å²) in [6.07, 6.45) is 0. The van der Waals surface area contributed by atoms with Crippen molar-refractivity contribution in [2.45, 2.75) is 0 Å². The number of rotatable bonds is 0. The van der Waals surface area contributed by atoms with E-state index in [0.717, 1.165) is 65.6 Å². The van der Waals surface area contributed by atoms with Gasteiger partial charge >= 0.3 is 0 Å². The van der Waals surface area contributed by atoms with Crippen LogP contribution in [0.1, 0.15) is 0 Å². The summed E-state index contributed by atoms with van der Waals surface area (Å²) in [4.78, 5) is 0.651. The Morgan fingerprint density at radius 2 is 0.865 bits per heavy atom. The molecule has 8 aromatic carbocycles. The maximum atomic E-state index is 15.3. The molecular formula is C32H10F4S. The Morgan fingerprint density at radius 3 is 1.43 bits per heavy atom. The molecular weight excluding hydrogens is 492 g/mol. The third kappa shape index (κ3) is 1.84. The van der Waals surface area contributed by atoms with E-state index in [4.69, 9.17) is 0 Å². The molecule has 0 spiro atoms. The topological polar surface area (TPSA) is 0 Å². The van der Waals surface area contributed by atoms with E-state index in [1.807, 2.05) is 6.07 Å². The van der Waals surface area contributed by atoms with Crippen LogP contribution in [0.4, 0.5) is 17.6 Å². The zero-order valence-electron chi connectivity index (χ0n) is 18.7. The van der Waals surface area contributed by atoms with Crippen molar-refractivity contribution in [3.8, 4) is 21.6 Å². The molecule has 0 unspecified atom stereocenters. The third-order valence-corrected chi connectivity index (χ3v) is 9.74. The van der Waals surface area contributed by atoms with Crippen LogP contribution < -0.4 is 0 Å². The van der Waals surface area contributed by atoms with E-state index in [0.29, 0.717) is 10.4 Å². The fourth-order valence-corrected chi connectivity index (χ4v) is 8.39. The lowest BCUT2D eigenvalue weighted by Gasteiger charge is -2.21. The summed E-state index contributed by atoms with van der Waals surface area (Å²) in [6, 6.07) is 21.1. The predicted molar refractivity (Wildman–Crippen MR) is 145 cm³/mol. The average Bonchev–Trinajstić information content (AvgIpc) is 3.46. The summed E-state index contributed by atoms with van der Waals surface area (Å²) in [6.45, 7) is 0. The Hall–Kier alpha value is -4.22. The standard InChI is InChI=1S/C32H10F4S/c33-27-26-24-16-9-14-7-5-12-3-1-11-2-4-13-6-8-15-10-17(31(24)37-32(26)30(36)29(35)28(27)34)23(16)25-21(14)19(12)18(11)20(13)22(15)25/h1-10H. The van der Waals surface area contributed by atoms with E-state index in [1.165, 1.54) is 21.5 Å². The Kier molecular flexibility index (Phi) is 2.91. The first-order chi connectivity index (χ1) is 18.0. The molecule has 0 fully saturated rings. The minimum Gasteiger partial charge on any atom is -0.203 e. The van der Waals surface area contributed by atoms with Crippen molar-refractivity contribution in [1.82, 2.24) is 0 Å². The lowest BCUT2D eigenvalue weighted by Crippen LogP contribution is -1.96. The summed E-state index contributed by atoms with van der Waals surface area (Å²) in [5, 5.41) is 13.4. The summed E-state index contributed by atoms with van der Waals surface area (Å²) >= 11 is 0.994. The summed E-state index contributed by atoms with van der Waals surface area (Å²) in [5.41, 5.74) is 2.06. The summed E-state index contributed by atoms with van der Waals surface area (Å²) < 4.78 is 58.5. The average molecular weight is 502 g/mol. The van der Waals surface area contributed by atoms with Crippen molar-refractivity contribution < 1.29 is 17.6 Å². The normalized spacial score (nSPS) is 13.4. The van der Waals surface area contributed by atoms with E-state index in [2.05, 4.69) is 54.6 Å². The van der Waals surface area contributed by atoms with Gasteiger partial charge in [-0.25, -0.2) is 17.6 Å². The molecule has 1 aliphatic rings. The fraction of sp³-hybridized carbons (Fsp3) is 0. The molecule has 172 valence electrons. The van der Waals surface area contributed by atoms with Crippen molar-refractivity contribution in [2.24, 2.45) is 0 Å². The molecule has 0 nitrogen and oxygen atoms in total. The lowest BCUT2D eigenvalue weighted by molar-refractivity contribution is 0.419. The molecule has 9 aromatic rings. The number of hydrogen-bond acceptors (Lipinski definition) is 1. The largest absolute Gasteiger partial charge is 0.203 e. The molecule has 37 heavy (non-hydrogen) atoms. The van der Waals surface area contributed by atoms with Crippen LogP contribution in [0.25, 0.3) is 96.3 Å². The highest BCUT2D eigenvalue weighted by Crippen LogP contribution is 2.60. The van der Waals surface area contributed by atoms with Crippen LogP contribution in [-0.4, -0.2) is 0 Å². The minimum absolute atomic E-state index is 0.178. The van der Waals surface area contributed by atoms with E-state index < -0.39 is 23.3 Å². The molecule has 0 radical (unpaired) electrons. The molecule has 0 aliphatic heterocycles. The molecule has 0 N–H and O–H groups in total. The van der Waals surface area contributed by atoms with Crippen LogP contribution in [0.2, 0.25) is 0 Å². The van der Waals surface area contributed by atoms with Crippen LogP contribution in [0.15, 0.2) is 60.7 Å². The zero-order valence-corrected chi connectivity index (χ0v) is 19.5. The second kappa shape index (κ2) is 5.68. The van der Waals surface area contributed by atoms with Crippen molar-refractivity contribution in [1.29, 1.82) is 0 Å². The van der Waals surface area contributed by atoms with Gasteiger partial charge in [0.2, 0.25) is 0 Å². The summed E-state index contributed by atoms with van der Waals surface area (Å²) in [5.74, 6) is -6.21. The first kappa shape index (κ1) is 19.0. The molecule has 0 saturated heterocycles. The Morgan fingerprint density at radius 1 is 0.405 bits per heavy atom. The number of benzene rings is 8. The van der Waals surface area contributed by atoms with Crippen LogP contribution >= 0.6 is 11.3 Å². The molecule has 1 heterocycles. The molecule has 5 heteroatoms. The second-order valence-electron chi connectivity index (χ2n) is 10.1. The number of thiophene rings is 1. The first-order valence-corrected chi connectivity index (χ1v) is 12.8. The van der Waals surface area contributed by atoms with E-state index >= 15 is 4.39 Å². The second-order valence-corrected chi connectivity index (χ2v) is 11.1. The van der Waals surface area contributed by atoms with Gasteiger partial charge in [-0.15, -0.1) is 11.3 Å². The first-order valence-electron chi connectivity index (χ1n) is 12.0. The van der Waals surface area contributed by atoms with E-state index in [-0.39, 0.29) is 10.1 Å². The molecule has 0 bridgehead atoms. The van der Waals surface area contributed by atoms with Crippen LogP contribution in [0.3, 0.4) is 0 Å². The Labute approximate surface area is 208 Å². The highest BCUT2D eigenvalue weighted by molar-refractivity contribution is 7.23. The number of halogens is 4. The van der Waals surface area contributed by atoms with Crippen molar-refractivity contribution in [2.75, 3.05) is 0 Å². The number of hydrogen-bond donors (Lipinski definition) is 0. The van der Waals surface area contributed by atoms with Gasteiger partial charge in [0.1, 0.15) is 0 Å². The maximum absolute atomic E-state index is 15.3. The lowest BCUT2D eigenvalue weighted by atomic mass is 9.81. The Bertz CT molecular complexity index is 2450. The smallest absolute Gasteiger partial charge is 0.198 e. The van der Waals surface area contributed by atoms with Gasteiger partial charge in [0.25, 0.3) is 0 Å². The van der Waals surface area contributed by atoms with E-state index in [1.54, 1.807) is 0 Å². The SMILES string of the molecule is Fc1c(F)c(F)c2c3c(sc2c1F)-c1cc2ccc4ccc5ccc6ccc7cc-3c1c1c2c4c5c6c71. The highest BCUT2D eigenvalue weighted by Gasteiger charge is 2.34. The van der Waals surface area contributed by atoms with Crippen molar-refractivity contribution in [3.05, 3.63) is 83.9 Å². The van der Waals surface area contributed by atoms with Gasteiger partial charge in [0, 0.05) is 21.4 Å². The van der Waals surface area contributed by atoms with Gasteiger partial charge in [-0.05, 0) is 82.3 Å². The van der Waals surface area contributed by atoms with Crippen LogP contribution in [0, 0.1) is 23.3 Å². The Balaban J connectivity index is 1.56. The van der Waals surface area contributed by atoms with Gasteiger partial charge in [-0.2, -0.15) is 0 Å². The molecule has 0 saturated carbocycles. The quantitative estimate of drug-likeness (QED) is 0.0636. The van der Waals surface area contributed by atoms with Gasteiger partial charge in [-0.3, -0.25) is 0 Å². The minimum atomic E-state index is -1.77. The van der Waals surface area contributed by atoms with Gasteiger partial charge in [0.05, 0.1) is 4.70 Å². The van der Waals surface area contributed by atoms with Gasteiger partial charge in [0.15, 0.2) is 23.3 Å². The maximum Gasteiger partial charge on any atom is 0.198 e. The molecule has 1 aliphatic carbocycles. The van der Waals surface area contributed by atoms with Crippen molar-refractivity contribution in [3.63, 3.8) is 0 Å².